The number of benzene rings is 1. The number of nitrogens with zero attached hydrogens (tertiary/aromatic N) is 2. The molecule has 28 heavy (non-hydrogen) atoms. The predicted molar refractivity (Wildman–Crippen MR) is 101 cm³/mol. The predicted octanol–water partition coefficient (Wildman–Crippen LogP) is 2.00. The number of primary amides is 1. The van der Waals surface area contributed by atoms with Crippen molar-refractivity contribution in [1.82, 2.24) is 9.55 Å². The van der Waals surface area contributed by atoms with Gasteiger partial charge in [-0.15, -0.1) is 0 Å². The number of halogens is 1. The van der Waals surface area contributed by atoms with E-state index in [0.717, 1.165) is 16.7 Å². The summed E-state index contributed by atoms with van der Waals surface area (Å²) in [7, 11) is 1.30. The summed E-state index contributed by atoms with van der Waals surface area (Å²) in [6, 6.07) is 1.05. The first-order chi connectivity index (χ1) is 12.9. The maximum absolute atomic E-state index is 13.7. The second-order valence-corrected chi connectivity index (χ2v) is 7.38. The van der Waals surface area contributed by atoms with E-state index in [1.807, 2.05) is 0 Å². The smallest absolute Gasteiger partial charge is 0.306 e. The molecule has 2 aromatic rings. The van der Waals surface area contributed by atoms with Gasteiger partial charge in [0.1, 0.15) is 34.4 Å². The Hall–Kier alpha value is -2.97. The van der Waals surface area contributed by atoms with Crippen molar-refractivity contribution in [3.05, 3.63) is 34.1 Å². The largest absolute Gasteiger partial charge is 0.496 e. The van der Waals surface area contributed by atoms with Gasteiger partial charge in [0.25, 0.3) is 5.56 Å². The molecule has 2 rings (SSSR count). The third kappa shape index (κ3) is 4.65. The van der Waals surface area contributed by atoms with E-state index in [9.17, 15) is 18.8 Å². The van der Waals surface area contributed by atoms with Gasteiger partial charge in [0.15, 0.2) is 0 Å². The van der Waals surface area contributed by atoms with E-state index in [1.54, 1.807) is 20.8 Å². The summed E-state index contributed by atoms with van der Waals surface area (Å²) in [5.74, 6) is -1.76. The highest BCUT2D eigenvalue weighted by Crippen LogP contribution is 2.25. The van der Waals surface area contributed by atoms with Crippen LogP contribution in [0.2, 0.25) is 0 Å². The van der Waals surface area contributed by atoms with Crippen molar-refractivity contribution in [1.29, 1.82) is 0 Å². The van der Waals surface area contributed by atoms with Crippen LogP contribution < -0.4 is 16.0 Å². The number of hydrogen-bond donors (Lipinski definition) is 1. The van der Waals surface area contributed by atoms with Gasteiger partial charge in [-0.1, -0.05) is 0 Å². The molecule has 1 heterocycles. The normalized spacial score (nSPS) is 12.6. The Kier molecular flexibility index (Phi) is 6.06. The zero-order valence-electron chi connectivity index (χ0n) is 16.5. The molecule has 0 saturated carbocycles. The Balaban J connectivity index is 2.50. The summed E-state index contributed by atoms with van der Waals surface area (Å²) in [4.78, 5) is 41.3. The summed E-state index contributed by atoms with van der Waals surface area (Å²) < 4.78 is 25.2. The molecule has 1 atom stereocenters. The van der Waals surface area contributed by atoms with Crippen molar-refractivity contribution >= 4 is 22.8 Å². The number of rotatable bonds is 6. The van der Waals surface area contributed by atoms with Crippen molar-refractivity contribution in [3.63, 3.8) is 0 Å². The van der Waals surface area contributed by atoms with Crippen molar-refractivity contribution < 1.29 is 23.5 Å². The molecule has 0 aliphatic rings. The van der Waals surface area contributed by atoms with Gasteiger partial charge in [0, 0.05) is 18.6 Å². The monoisotopic (exact) mass is 393 g/mol. The lowest BCUT2D eigenvalue weighted by molar-refractivity contribution is -0.155. The number of aromatic nitrogens is 2. The lowest BCUT2D eigenvalue weighted by Crippen LogP contribution is -2.36. The van der Waals surface area contributed by atoms with Gasteiger partial charge in [0.05, 0.1) is 12.6 Å². The SMILES string of the molecule is COc1cc(F)cc2nc(C)n(C(CCC(=O)OC(C)(C)C)C(N)=O)c(=O)c12. The van der Waals surface area contributed by atoms with Crippen molar-refractivity contribution in [2.24, 2.45) is 5.73 Å². The molecule has 8 nitrogen and oxygen atoms in total. The first kappa shape index (κ1) is 21.3. The first-order valence-corrected chi connectivity index (χ1v) is 8.72. The standard InChI is InChI=1S/C19H24FN3O5/c1-10-22-12-8-11(20)9-14(27-5)16(12)18(26)23(10)13(17(21)25)6-7-15(24)28-19(2,3)4/h8-9,13H,6-7H2,1-5H3,(H2,21,25). The number of aryl methyl sites for hydroxylation is 1. The zero-order valence-corrected chi connectivity index (χ0v) is 16.5. The zero-order chi connectivity index (χ0) is 21.2. The van der Waals surface area contributed by atoms with Gasteiger partial charge in [-0.2, -0.15) is 0 Å². The highest BCUT2D eigenvalue weighted by atomic mass is 19.1. The summed E-state index contributed by atoms with van der Waals surface area (Å²) in [5, 5.41) is 0.0259. The maximum Gasteiger partial charge on any atom is 0.306 e. The van der Waals surface area contributed by atoms with E-state index in [0.29, 0.717) is 0 Å². The summed E-state index contributed by atoms with van der Waals surface area (Å²) in [5.41, 5.74) is 4.31. The van der Waals surface area contributed by atoms with Gasteiger partial charge in [-0.05, 0) is 34.1 Å². The lowest BCUT2D eigenvalue weighted by Gasteiger charge is -2.22. The van der Waals surface area contributed by atoms with Crippen LogP contribution in [-0.2, 0) is 14.3 Å². The molecule has 2 N–H and O–H groups in total. The van der Waals surface area contributed by atoms with E-state index in [1.165, 1.54) is 14.0 Å². The van der Waals surface area contributed by atoms with Crippen LogP contribution in [0.25, 0.3) is 10.9 Å². The molecule has 0 fully saturated rings. The number of ether oxygens (including phenoxy) is 2. The summed E-state index contributed by atoms with van der Waals surface area (Å²) >= 11 is 0. The van der Waals surface area contributed by atoms with Crippen LogP contribution in [0, 0.1) is 12.7 Å². The Labute approximate surface area is 161 Å². The molecule has 0 spiro atoms. The number of nitrogens with two attached hydrogens (primary N) is 1. The Morgan fingerprint density at radius 1 is 1.32 bits per heavy atom. The molecule has 9 heteroatoms. The third-order valence-electron chi connectivity index (χ3n) is 4.01. The number of carbonyl (C=O) groups excluding carboxylic acids is 2. The Bertz CT molecular complexity index is 978. The number of amides is 1. The van der Waals surface area contributed by atoms with Crippen LogP contribution in [-0.4, -0.2) is 34.1 Å². The van der Waals surface area contributed by atoms with Gasteiger partial charge in [0.2, 0.25) is 5.91 Å². The molecule has 0 bridgehead atoms. The lowest BCUT2D eigenvalue weighted by atomic mass is 10.1. The molecular formula is C19H24FN3O5. The Morgan fingerprint density at radius 3 is 2.50 bits per heavy atom. The molecule has 0 radical (unpaired) electrons. The van der Waals surface area contributed by atoms with Crippen LogP contribution in [0.3, 0.4) is 0 Å². The molecule has 1 unspecified atom stereocenters. The molecular weight excluding hydrogens is 369 g/mol. The van der Waals surface area contributed by atoms with Gasteiger partial charge < -0.3 is 15.2 Å². The van der Waals surface area contributed by atoms with Crippen LogP contribution in [0.1, 0.15) is 45.5 Å². The number of esters is 1. The summed E-state index contributed by atoms with van der Waals surface area (Å²) in [6.45, 7) is 6.68. The molecule has 1 aromatic heterocycles. The Morgan fingerprint density at radius 2 is 1.96 bits per heavy atom. The number of fused-ring (bicyclic) bond motifs is 1. The molecule has 0 aliphatic carbocycles. The fourth-order valence-corrected chi connectivity index (χ4v) is 2.94. The molecule has 0 saturated heterocycles. The minimum absolute atomic E-state index is 0.00314. The number of carbonyl (C=O) groups is 2. The number of hydrogen-bond acceptors (Lipinski definition) is 6. The van der Waals surface area contributed by atoms with Crippen LogP contribution >= 0.6 is 0 Å². The second kappa shape index (κ2) is 7.95. The fourth-order valence-electron chi connectivity index (χ4n) is 2.94. The van der Waals surface area contributed by atoms with E-state index in [-0.39, 0.29) is 35.3 Å². The van der Waals surface area contributed by atoms with E-state index < -0.39 is 34.9 Å². The van der Waals surface area contributed by atoms with Crippen molar-refractivity contribution in [2.45, 2.75) is 52.2 Å². The molecule has 0 aliphatic heterocycles. The fraction of sp³-hybridized carbons (Fsp3) is 0.474. The third-order valence-corrected chi connectivity index (χ3v) is 4.01. The van der Waals surface area contributed by atoms with Gasteiger partial charge in [-0.3, -0.25) is 19.0 Å². The molecule has 1 amide bonds. The minimum Gasteiger partial charge on any atom is -0.496 e. The van der Waals surface area contributed by atoms with Crippen LogP contribution in [0.15, 0.2) is 16.9 Å². The van der Waals surface area contributed by atoms with Crippen molar-refractivity contribution in [2.75, 3.05) is 7.11 Å². The van der Waals surface area contributed by atoms with E-state index in [4.69, 9.17) is 15.2 Å². The van der Waals surface area contributed by atoms with E-state index in [2.05, 4.69) is 4.98 Å². The van der Waals surface area contributed by atoms with Crippen LogP contribution in [0.5, 0.6) is 5.75 Å². The maximum atomic E-state index is 13.7. The minimum atomic E-state index is -1.12. The first-order valence-electron chi connectivity index (χ1n) is 8.72. The molecule has 1 aromatic carbocycles. The van der Waals surface area contributed by atoms with Crippen LogP contribution in [0.4, 0.5) is 4.39 Å². The second-order valence-electron chi connectivity index (χ2n) is 7.38. The van der Waals surface area contributed by atoms with Gasteiger partial charge in [-0.25, -0.2) is 9.37 Å². The highest BCUT2D eigenvalue weighted by Gasteiger charge is 2.26. The molecule has 152 valence electrons. The number of methoxy groups -OCH3 is 1. The van der Waals surface area contributed by atoms with Gasteiger partial charge >= 0.3 is 5.97 Å². The highest BCUT2D eigenvalue weighted by molar-refractivity contribution is 5.85. The quantitative estimate of drug-likeness (QED) is 0.751. The van der Waals surface area contributed by atoms with E-state index >= 15 is 0 Å². The van der Waals surface area contributed by atoms with Crippen molar-refractivity contribution in [3.8, 4) is 5.75 Å². The summed E-state index contributed by atoms with van der Waals surface area (Å²) in [6.07, 6.45) is -0.156. The average molecular weight is 393 g/mol. The average Bonchev–Trinajstić information content (AvgIpc) is 2.54. The topological polar surface area (TPSA) is 114 Å².